The van der Waals surface area contributed by atoms with E-state index in [9.17, 15) is 0 Å². The van der Waals surface area contributed by atoms with Crippen molar-refractivity contribution in [2.24, 2.45) is 5.90 Å². The zero-order chi connectivity index (χ0) is 4.41. The third-order valence-electron chi connectivity index (χ3n) is 0.762. The van der Waals surface area contributed by atoms with Crippen molar-refractivity contribution in [3.8, 4) is 0 Å². The van der Waals surface area contributed by atoms with Crippen LogP contribution >= 0.6 is 0 Å². The lowest BCUT2D eigenvalue weighted by molar-refractivity contribution is 0.163. The number of hydrogen-bond acceptors (Lipinski definition) is 2. The molecule has 0 radical (unpaired) electrons. The fourth-order valence-corrected chi connectivity index (χ4v) is 0.297. The second-order valence-electron chi connectivity index (χ2n) is 1.38. The van der Waals surface area contributed by atoms with E-state index in [0.29, 0.717) is 6.61 Å². The van der Waals surface area contributed by atoms with Gasteiger partial charge in [0.05, 0.1) is 6.61 Å². The highest BCUT2D eigenvalue weighted by Crippen LogP contribution is 2.16. The van der Waals surface area contributed by atoms with Crippen LogP contribution in [0.4, 0.5) is 0 Å². The molecule has 0 bridgehead atoms. The van der Waals surface area contributed by atoms with E-state index < -0.39 is 0 Å². The number of nitrogens with two attached hydrogens (primary N) is 1. The van der Waals surface area contributed by atoms with Crippen molar-refractivity contribution in [3.05, 3.63) is 11.6 Å². The maximum absolute atomic E-state index is 4.73. The fraction of sp³-hybridized carbons (Fsp3) is 0.500. The summed E-state index contributed by atoms with van der Waals surface area (Å²) >= 11 is 0. The molecule has 0 aromatic heterocycles. The molecule has 6 heavy (non-hydrogen) atoms. The molecule has 1 aliphatic rings. The smallest absolute Gasteiger partial charge is 0.0893 e. The molecule has 0 saturated carbocycles. The Morgan fingerprint density at radius 1 is 2.00 bits per heavy atom. The molecule has 0 fully saturated rings. The number of rotatable bonds is 2. The van der Waals surface area contributed by atoms with Gasteiger partial charge in [0, 0.05) is 0 Å². The average Bonchev–Trinajstić information content (AvgIpc) is 2.21. The highest BCUT2D eigenvalue weighted by Gasteiger charge is 2.04. The Labute approximate surface area is 36.5 Å². The van der Waals surface area contributed by atoms with E-state index in [-0.39, 0.29) is 0 Å². The quantitative estimate of drug-likeness (QED) is 0.384. The largest absolute Gasteiger partial charge is 0.300 e. The van der Waals surface area contributed by atoms with Gasteiger partial charge in [-0.15, -0.1) is 0 Å². The van der Waals surface area contributed by atoms with Crippen LogP contribution in [0.15, 0.2) is 11.6 Å². The van der Waals surface area contributed by atoms with Crippen LogP contribution in [0.1, 0.15) is 6.42 Å². The molecule has 0 aliphatic heterocycles. The van der Waals surface area contributed by atoms with Gasteiger partial charge in [-0.1, -0.05) is 6.08 Å². The molecule has 0 aromatic rings. The molecule has 0 heterocycles. The summed E-state index contributed by atoms with van der Waals surface area (Å²) in [5.41, 5.74) is 1.32. The molecule has 0 amide bonds. The lowest BCUT2D eigenvalue weighted by Crippen LogP contribution is -1.98. The van der Waals surface area contributed by atoms with Gasteiger partial charge in [0.25, 0.3) is 0 Å². The topological polar surface area (TPSA) is 35.2 Å². The summed E-state index contributed by atoms with van der Waals surface area (Å²) in [5.74, 6) is 4.73. The molecule has 0 aromatic carbocycles. The van der Waals surface area contributed by atoms with E-state index in [1.165, 1.54) is 5.57 Å². The van der Waals surface area contributed by atoms with Crippen molar-refractivity contribution in [2.75, 3.05) is 6.61 Å². The zero-order valence-electron chi connectivity index (χ0n) is 3.48. The zero-order valence-corrected chi connectivity index (χ0v) is 3.48. The van der Waals surface area contributed by atoms with Gasteiger partial charge < -0.3 is 4.84 Å². The predicted molar refractivity (Wildman–Crippen MR) is 22.8 cm³/mol. The molecule has 34 valence electrons. The van der Waals surface area contributed by atoms with Crippen LogP contribution in [0.2, 0.25) is 0 Å². The Bertz CT molecular complexity index is 77.6. The van der Waals surface area contributed by atoms with Gasteiger partial charge in [0.1, 0.15) is 0 Å². The van der Waals surface area contributed by atoms with Crippen LogP contribution in [-0.4, -0.2) is 6.61 Å². The highest BCUT2D eigenvalue weighted by molar-refractivity contribution is 5.21. The summed E-state index contributed by atoms with van der Waals surface area (Å²) in [4.78, 5) is 4.30. The third kappa shape index (κ3) is 0.808. The molecule has 1 rings (SSSR count). The first-order valence-electron chi connectivity index (χ1n) is 1.93. The van der Waals surface area contributed by atoms with Crippen LogP contribution in [0.3, 0.4) is 0 Å². The van der Waals surface area contributed by atoms with E-state index in [1.54, 1.807) is 0 Å². The van der Waals surface area contributed by atoms with Crippen LogP contribution in [0, 0.1) is 0 Å². The minimum absolute atomic E-state index is 0.625. The van der Waals surface area contributed by atoms with Crippen molar-refractivity contribution in [1.29, 1.82) is 0 Å². The molecule has 0 saturated heterocycles. The van der Waals surface area contributed by atoms with Gasteiger partial charge in [-0.05, 0) is 12.0 Å². The molecule has 1 aliphatic carbocycles. The summed E-state index contributed by atoms with van der Waals surface area (Å²) in [6.45, 7) is 0.625. The van der Waals surface area contributed by atoms with Crippen molar-refractivity contribution in [2.45, 2.75) is 6.42 Å². The molecule has 2 nitrogen and oxygen atoms in total. The highest BCUT2D eigenvalue weighted by atomic mass is 16.6. The van der Waals surface area contributed by atoms with Gasteiger partial charge in [-0.2, -0.15) is 0 Å². The summed E-state index contributed by atoms with van der Waals surface area (Å²) in [5, 5.41) is 0. The molecule has 2 N–H and O–H groups in total. The monoisotopic (exact) mass is 85.1 g/mol. The standard InChI is InChI=1S/C4H7NO/c5-6-3-4-1-2-4/h1H,2-3,5H2. The van der Waals surface area contributed by atoms with Gasteiger partial charge in [0.2, 0.25) is 0 Å². The third-order valence-corrected chi connectivity index (χ3v) is 0.762. The van der Waals surface area contributed by atoms with E-state index in [0.717, 1.165) is 6.42 Å². The van der Waals surface area contributed by atoms with Crippen LogP contribution < -0.4 is 5.90 Å². The second kappa shape index (κ2) is 1.41. The molecular formula is C4H7NO. The summed E-state index contributed by atoms with van der Waals surface area (Å²) in [6, 6.07) is 0. The number of hydrogen-bond donors (Lipinski definition) is 1. The van der Waals surface area contributed by atoms with E-state index in [2.05, 4.69) is 10.9 Å². The SMILES string of the molecule is NOCC1=CC1. The Kier molecular flexibility index (Phi) is 0.900. The normalized spacial score (nSPS) is 17.2. The summed E-state index contributed by atoms with van der Waals surface area (Å²) in [7, 11) is 0. The van der Waals surface area contributed by atoms with Crippen LogP contribution in [0.25, 0.3) is 0 Å². The predicted octanol–water partition coefficient (Wildman–Crippen LogP) is 0.207. The van der Waals surface area contributed by atoms with Crippen molar-refractivity contribution < 1.29 is 4.84 Å². The lowest BCUT2D eigenvalue weighted by Gasteiger charge is -1.83. The summed E-state index contributed by atoms with van der Waals surface area (Å²) < 4.78 is 0. The Hall–Kier alpha value is -0.340. The first-order valence-corrected chi connectivity index (χ1v) is 1.93. The van der Waals surface area contributed by atoms with Crippen molar-refractivity contribution in [3.63, 3.8) is 0 Å². The molecule has 0 spiro atoms. The minimum Gasteiger partial charge on any atom is -0.300 e. The van der Waals surface area contributed by atoms with Crippen LogP contribution in [-0.2, 0) is 4.84 Å². The average molecular weight is 85.1 g/mol. The van der Waals surface area contributed by atoms with Crippen LogP contribution in [0.5, 0.6) is 0 Å². The van der Waals surface area contributed by atoms with Gasteiger partial charge >= 0.3 is 0 Å². The fourth-order valence-electron chi connectivity index (χ4n) is 0.297. The second-order valence-corrected chi connectivity index (χ2v) is 1.38. The Balaban J connectivity index is 2.02. The molecular weight excluding hydrogens is 78.0 g/mol. The minimum atomic E-state index is 0.625. The van der Waals surface area contributed by atoms with Crippen molar-refractivity contribution >= 4 is 0 Å². The maximum atomic E-state index is 4.73. The first kappa shape index (κ1) is 3.84. The molecule has 0 unspecified atom stereocenters. The van der Waals surface area contributed by atoms with Gasteiger partial charge in [-0.25, -0.2) is 5.90 Å². The van der Waals surface area contributed by atoms with Gasteiger partial charge in [0.15, 0.2) is 0 Å². The Morgan fingerprint density at radius 3 is 2.83 bits per heavy atom. The summed E-state index contributed by atoms with van der Waals surface area (Å²) in [6.07, 6.45) is 3.20. The van der Waals surface area contributed by atoms with E-state index in [4.69, 9.17) is 5.90 Å². The first-order chi connectivity index (χ1) is 2.93. The van der Waals surface area contributed by atoms with E-state index >= 15 is 0 Å². The molecule has 2 heteroatoms. The lowest BCUT2D eigenvalue weighted by atomic mass is 10.5. The maximum Gasteiger partial charge on any atom is 0.0893 e. The van der Waals surface area contributed by atoms with Gasteiger partial charge in [-0.3, -0.25) is 0 Å². The Morgan fingerprint density at radius 2 is 2.67 bits per heavy atom. The van der Waals surface area contributed by atoms with E-state index in [1.807, 2.05) is 0 Å². The molecule has 0 atom stereocenters. The number of allylic oxidation sites excluding steroid dienone is 1. The van der Waals surface area contributed by atoms with Crippen molar-refractivity contribution in [1.82, 2.24) is 0 Å².